The summed E-state index contributed by atoms with van der Waals surface area (Å²) < 4.78 is 1.54. The number of aromatic nitrogens is 2. The standard InChI is InChI=1S/C13H15N3O2S/c1-8-5-3-4-6-9(8)7-16-11(14)10(13(17)18)12(15-16)19-2/h3-6H,7,14H2,1-2H3,(H,17,18). The highest BCUT2D eigenvalue weighted by Gasteiger charge is 2.21. The van der Waals surface area contributed by atoms with Crippen molar-refractivity contribution < 1.29 is 9.90 Å². The minimum atomic E-state index is -1.04. The summed E-state index contributed by atoms with van der Waals surface area (Å²) in [5.41, 5.74) is 8.16. The van der Waals surface area contributed by atoms with Crippen molar-refractivity contribution in [2.45, 2.75) is 18.5 Å². The van der Waals surface area contributed by atoms with E-state index in [9.17, 15) is 4.79 Å². The van der Waals surface area contributed by atoms with Gasteiger partial charge in [-0.2, -0.15) is 5.10 Å². The number of rotatable bonds is 4. The Hall–Kier alpha value is -1.95. The monoisotopic (exact) mass is 277 g/mol. The van der Waals surface area contributed by atoms with Gasteiger partial charge in [0.1, 0.15) is 16.4 Å². The van der Waals surface area contributed by atoms with E-state index < -0.39 is 5.97 Å². The summed E-state index contributed by atoms with van der Waals surface area (Å²) in [6.07, 6.45) is 1.78. The summed E-state index contributed by atoms with van der Waals surface area (Å²) >= 11 is 1.28. The molecular formula is C13H15N3O2S. The van der Waals surface area contributed by atoms with E-state index in [0.717, 1.165) is 11.1 Å². The van der Waals surface area contributed by atoms with Gasteiger partial charge in [0.15, 0.2) is 0 Å². The second-order valence-corrected chi connectivity index (χ2v) is 4.95. The zero-order valence-electron chi connectivity index (χ0n) is 10.8. The lowest BCUT2D eigenvalue weighted by Gasteiger charge is -2.07. The molecule has 3 N–H and O–H groups in total. The Bertz CT molecular complexity index is 622. The number of carbonyl (C=O) groups is 1. The smallest absolute Gasteiger partial charge is 0.342 e. The summed E-state index contributed by atoms with van der Waals surface area (Å²) in [6, 6.07) is 7.88. The Morgan fingerprint density at radius 3 is 2.68 bits per heavy atom. The Kier molecular flexibility index (Phi) is 3.80. The van der Waals surface area contributed by atoms with Crippen molar-refractivity contribution in [1.82, 2.24) is 9.78 Å². The molecule has 0 aliphatic rings. The summed E-state index contributed by atoms with van der Waals surface area (Å²) in [5.74, 6) is -0.849. The third-order valence-electron chi connectivity index (χ3n) is 2.95. The van der Waals surface area contributed by atoms with Crippen molar-refractivity contribution in [3.8, 4) is 0 Å². The Labute approximate surface area is 115 Å². The largest absolute Gasteiger partial charge is 0.477 e. The van der Waals surface area contributed by atoms with Crippen LogP contribution in [0.2, 0.25) is 0 Å². The van der Waals surface area contributed by atoms with Gasteiger partial charge < -0.3 is 10.8 Å². The van der Waals surface area contributed by atoms with Gasteiger partial charge in [-0.15, -0.1) is 11.8 Å². The lowest BCUT2D eigenvalue weighted by atomic mass is 10.1. The highest BCUT2D eigenvalue weighted by atomic mass is 32.2. The number of carboxylic acids is 1. The molecule has 0 saturated heterocycles. The fourth-order valence-electron chi connectivity index (χ4n) is 1.87. The molecule has 1 aromatic heterocycles. The van der Waals surface area contributed by atoms with Crippen LogP contribution in [0.1, 0.15) is 21.5 Å². The first-order valence-corrected chi connectivity index (χ1v) is 6.95. The molecule has 100 valence electrons. The number of carboxylic acid groups (broad SMARTS) is 1. The third-order valence-corrected chi connectivity index (χ3v) is 3.62. The summed E-state index contributed by atoms with van der Waals surface area (Å²) in [5, 5.41) is 13.9. The molecule has 0 atom stereocenters. The predicted molar refractivity (Wildman–Crippen MR) is 75.7 cm³/mol. The molecule has 5 nitrogen and oxygen atoms in total. The van der Waals surface area contributed by atoms with Crippen molar-refractivity contribution in [1.29, 1.82) is 0 Å². The maximum atomic E-state index is 11.2. The van der Waals surface area contributed by atoms with E-state index in [1.807, 2.05) is 31.2 Å². The van der Waals surface area contributed by atoms with Crippen molar-refractivity contribution in [3.05, 3.63) is 41.0 Å². The first kappa shape index (κ1) is 13.5. The molecule has 0 unspecified atom stereocenters. The fourth-order valence-corrected chi connectivity index (χ4v) is 2.44. The van der Waals surface area contributed by atoms with Crippen molar-refractivity contribution in [2.24, 2.45) is 0 Å². The SMILES string of the molecule is CSc1nn(Cc2ccccc2C)c(N)c1C(=O)O. The molecule has 0 saturated carbocycles. The topological polar surface area (TPSA) is 81.1 Å². The van der Waals surface area contributed by atoms with Crippen LogP contribution in [-0.2, 0) is 6.54 Å². The molecule has 6 heteroatoms. The fraction of sp³-hybridized carbons (Fsp3) is 0.231. The van der Waals surface area contributed by atoms with Crippen LogP contribution in [0.15, 0.2) is 29.3 Å². The third kappa shape index (κ3) is 2.58. The van der Waals surface area contributed by atoms with Gasteiger partial charge >= 0.3 is 5.97 Å². The Morgan fingerprint density at radius 2 is 2.16 bits per heavy atom. The molecule has 0 aliphatic carbocycles. The maximum Gasteiger partial charge on any atom is 0.342 e. The van der Waals surface area contributed by atoms with Crippen LogP contribution < -0.4 is 5.73 Å². The van der Waals surface area contributed by atoms with Gasteiger partial charge in [0.25, 0.3) is 0 Å². The van der Waals surface area contributed by atoms with Crippen molar-refractivity contribution in [2.75, 3.05) is 12.0 Å². The molecule has 2 rings (SSSR count). The molecule has 0 amide bonds. The quantitative estimate of drug-likeness (QED) is 0.838. The number of benzene rings is 1. The van der Waals surface area contributed by atoms with Gasteiger partial charge in [-0.3, -0.25) is 0 Å². The van der Waals surface area contributed by atoms with Crippen LogP contribution in [-0.4, -0.2) is 27.1 Å². The minimum Gasteiger partial charge on any atom is -0.477 e. The van der Waals surface area contributed by atoms with Crippen molar-refractivity contribution >= 4 is 23.5 Å². The van der Waals surface area contributed by atoms with Crippen LogP contribution in [0.5, 0.6) is 0 Å². The summed E-state index contributed by atoms with van der Waals surface area (Å²) in [7, 11) is 0. The first-order valence-electron chi connectivity index (χ1n) is 5.72. The molecule has 1 heterocycles. The highest BCUT2D eigenvalue weighted by Crippen LogP contribution is 2.25. The normalized spacial score (nSPS) is 10.6. The van der Waals surface area contributed by atoms with Crippen LogP contribution >= 0.6 is 11.8 Å². The molecule has 2 aromatic rings. The van der Waals surface area contributed by atoms with E-state index >= 15 is 0 Å². The number of nitrogens with two attached hydrogens (primary N) is 1. The molecular weight excluding hydrogens is 262 g/mol. The Morgan fingerprint density at radius 1 is 1.47 bits per heavy atom. The van der Waals surface area contributed by atoms with Crippen LogP contribution in [0.3, 0.4) is 0 Å². The predicted octanol–water partition coefficient (Wildman–Crippen LogP) is 2.24. The van der Waals surface area contributed by atoms with E-state index in [2.05, 4.69) is 5.10 Å². The number of hydrogen-bond donors (Lipinski definition) is 2. The average molecular weight is 277 g/mol. The second kappa shape index (κ2) is 5.36. The highest BCUT2D eigenvalue weighted by molar-refractivity contribution is 7.98. The maximum absolute atomic E-state index is 11.2. The average Bonchev–Trinajstić information content (AvgIpc) is 2.69. The number of nitrogens with zero attached hydrogens (tertiary/aromatic N) is 2. The van der Waals surface area contributed by atoms with E-state index in [0.29, 0.717) is 11.6 Å². The Balaban J connectivity index is 2.42. The number of nitrogen functional groups attached to an aromatic ring is 1. The van der Waals surface area contributed by atoms with Crippen LogP contribution in [0, 0.1) is 6.92 Å². The van der Waals surface area contributed by atoms with Gasteiger partial charge in [0, 0.05) is 0 Å². The zero-order valence-corrected chi connectivity index (χ0v) is 11.6. The molecule has 0 bridgehead atoms. The van der Waals surface area contributed by atoms with E-state index in [4.69, 9.17) is 10.8 Å². The number of anilines is 1. The molecule has 1 aromatic carbocycles. The van der Waals surface area contributed by atoms with Crippen LogP contribution in [0.4, 0.5) is 5.82 Å². The number of thioether (sulfide) groups is 1. The lowest BCUT2D eigenvalue weighted by molar-refractivity contribution is 0.0694. The van der Waals surface area contributed by atoms with Gasteiger partial charge in [0.05, 0.1) is 6.54 Å². The van der Waals surface area contributed by atoms with Crippen molar-refractivity contribution in [3.63, 3.8) is 0 Å². The lowest BCUT2D eigenvalue weighted by Crippen LogP contribution is -2.09. The zero-order chi connectivity index (χ0) is 14.0. The summed E-state index contributed by atoms with van der Waals surface area (Å²) in [6.45, 7) is 2.47. The molecule has 19 heavy (non-hydrogen) atoms. The second-order valence-electron chi connectivity index (χ2n) is 4.16. The van der Waals surface area contributed by atoms with E-state index in [1.54, 1.807) is 6.26 Å². The van der Waals surface area contributed by atoms with Gasteiger partial charge in [-0.25, -0.2) is 9.48 Å². The van der Waals surface area contributed by atoms with Gasteiger partial charge in [-0.05, 0) is 24.3 Å². The number of hydrogen-bond acceptors (Lipinski definition) is 4. The van der Waals surface area contributed by atoms with E-state index in [-0.39, 0.29) is 11.4 Å². The summed E-state index contributed by atoms with van der Waals surface area (Å²) in [4.78, 5) is 11.2. The minimum absolute atomic E-state index is 0.0843. The molecule has 0 radical (unpaired) electrons. The van der Waals surface area contributed by atoms with E-state index in [1.165, 1.54) is 16.4 Å². The van der Waals surface area contributed by atoms with Gasteiger partial charge in [0.2, 0.25) is 0 Å². The molecule has 0 fully saturated rings. The van der Waals surface area contributed by atoms with Crippen LogP contribution in [0.25, 0.3) is 0 Å². The number of aryl methyl sites for hydroxylation is 1. The first-order chi connectivity index (χ1) is 9.04. The molecule has 0 spiro atoms. The van der Waals surface area contributed by atoms with Gasteiger partial charge in [-0.1, -0.05) is 24.3 Å². The number of aromatic carboxylic acids is 1. The molecule has 0 aliphatic heterocycles.